The van der Waals surface area contributed by atoms with Gasteiger partial charge in [0.05, 0.1) is 12.1 Å². The van der Waals surface area contributed by atoms with E-state index in [4.69, 9.17) is 4.42 Å². The van der Waals surface area contributed by atoms with Crippen molar-refractivity contribution in [3.05, 3.63) is 17.8 Å². The highest BCUT2D eigenvalue weighted by molar-refractivity contribution is 5.77. The smallest absolute Gasteiger partial charge is 0.194 e. The molecule has 0 saturated carbocycles. The van der Waals surface area contributed by atoms with E-state index in [1.54, 1.807) is 13.2 Å². The summed E-state index contributed by atoms with van der Waals surface area (Å²) in [6, 6.07) is 0. The summed E-state index contributed by atoms with van der Waals surface area (Å²) in [5.41, 5.74) is 0.764. The Morgan fingerprint density at radius 3 is 2.88 bits per heavy atom. The second kappa shape index (κ2) is 5.45. The van der Waals surface area contributed by atoms with E-state index in [2.05, 4.69) is 16.9 Å². The molecule has 0 radical (unpaired) electrons. The van der Waals surface area contributed by atoms with Crippen molar-refractivity contribution in [1.29, 1.82) is 0 Å². The van der Waals surface area contributed by atoms with Crippen LogP contribution in [0, 0.1) is 5.92 Å². The first-order valence-corrected chi connectivity index (χ1v) is 6.24. The highest BCUT2D eigenvalue weighted by Gasteiger charge is 2.19. The topological polar surface area (TPSA) is 46.3 Å². The molecule has 1 aliphatic rings. The van der Waals surface area contributed by atoms with Crippen LogP contribution in [0.15, 0.2) is 10.7 Å². The number of oxazole rings is 1. The third-order valence-electron chi connectivity index (χ3n) is 3.33. The van der Waals surface area contributed by atoms with Gasteiger partial charge >= 0.3 is 0 Å². The maximum absolute atomic E-state index is 11.0. The van der Waals surface area contributed by atoms with E-state index in [-0.39, 0.29) is 5.78 Å². The summed E-state index contributed by atoms with van der Waals surface area (Å²) in [6.45, 7) is 3.89. The average molecular weight is 236 g/mol. The minimum Gasteiger partial charge on any atom is -0.449 e. The highest BCUT2D eigenvalue weighted by Crippen LogP contribution is 2.20. The van der Waals surface area contributed by atoms with Gasteiger partial charge in [0.15, 0.2) is 5.89 Å². The van der Waals surface area contributed by atoms with Gasteiger partial charge in [0.1, 0.15) is 12.0 Å². The van der Waals surface area contributed by atoms with Crippen molar-refractivity contribution in [2.24, 2.45) is 5.92 Å². The Hall–Kier alpha value is -1.16. The quantitative estimate of drug-likeness (QED) is 0.798. The van der Waals surface area contributed by atoms with E-state index in [1.807, 2.05) is 0 Å². The predicted molar refractivity (Wildman–Crippen MR) is 64.8 cm³/mol. The maximum Gasteiger partial charge on any atom is 0.194 e. The number of carbonyl (C=O) groups is 1. The van der Waals surface area contributed by atoms with E-state index >= 15 is 0 Å². The third-order valence-corrected chi connectivity index (χ3v) is 3.33. The van der Waals surface area contributed by atoms with Crippen LogP contribution in [0.5, 0.6) is 0 Å². The van der Waals surface area contributed by atoms with Crippen molar-refractivity contribution in [3.8, 4) is 0 Å². The fourth-order valence-electron chi connectivity index (χ4n) is 2.29. The van der Waals surface area contributed by atoms with Gasteiger partial charge in [-0.15, -0.1) is 0 Å². The van der Waals surface area contributed by atoms with Gasteiger partial charge in [-0.1, -0.05) is 0 Å². The summed E-state index contributed by atoms with van der Waals surface area (Å²) < 4.78 is 5.42. The van der Waals surface area contributed by atoms with E-state index in [0.29, 0.717) is 12.3 Å². The zero-order valence-corrected chi connectivity index (χ0v) is 10.6. The number of piperidine rings is 1. The molecule has 1 aromatic rings. The molecule has 0 atom stereocenters. The number of carbonyl (C=O) groups excluding carboxylic acids is 1. The lowest BCUT2D eigenvalue weighted by Crippen LogP contribution is -2.30. The van der Waals surface area contributed by atoms with Gasteiger partial charge in [-0.25, -0.2) is 4.98 Å². The minimum absolute atomic E-state index is 0.129. The molecule has 2 rings (SSSR count). The highest BCUT2D eigenvalue weighted by atomic mass is 16.3. The van der Waals surface area contributed by atoms with Gasteiger partial charge in [-0.05, 0) is 45.8 Å². The first-order valence-electron chi connectivity index (χ1n) is 6.24. The van der Waals surface area contributed by atoms with Crippen LogP contribution in [0.1, 0.15) is 31.4 Å². The monoisotopic (exact) mass is 236 g/mol. The zero-order valence-electron chi connectivity index (χ0n) is 10.6. The van der Waals surface area contributed by atoms with Crippen LogP contribution in [-0.4, -0.2) is 35.8 Å². The number of nitrogens with zero attached hydrogens (tertiary/aromatic N) is 2. The Labute approximate surface area is 102 Å². The summed E-state index contributed by atoms with van der Waals surface area (Å²) >= 11 is 0. The van der Waals surface area contributed by atoms with Gasteiger partial charge in [0.2, 0.25) is 0 Å². The first-order chi connectivity index (χ1) is 8.13. The lowest BCUT2D eigenvalue weighted by Gasteiger charge is -2.28. The van der Waals surface area contributed by atoms with Crippen LogP contribution in [0.25, 0.3) is 0 Å². The number of ketones is 1. The molecule has 0 aromatic carbocycles. The Kier molecular flexibility index (Phi) is 3.94. The molecule has 0 aliphatic carbocycles. The van der Waals surface area contributed by atoms with E-state index in [9.17, 15) is 4.79 Å². The Bertz CT molecular complexity index is 379. The van der Waals surface area contributed by atoms with Crippen LogP contribution in [-0.2, 0) is 17.6 Å². The second-order valence-electron chi connectivity index (χ2n) is 5.06. The molecule has 4 nitrogen and oxygen atoms in total. The molecule has 1 saturated heterocycles. The molecule has 94 valence electrons. The molecular formula is C13H20N2O2. The zero-order chi connectivity index (χ0) is 12.3. The van der Waals surface area contributed by atoms with Crippen LogP contribution in [0.3, 0.4) is 0 Å². The van der Waals surface area contributed by atoms with Gasteiger partial charge in [0.25, 0.3) is 0 Å². The van der Waals surface area contributed by atoms with Crippen molar-refractivity contribution in [3.63, 3.8) is 0 Å². The molecule has 4 heteroatoms. The summed E-state index contributed by atoms with van der Waals surface area (Å²) in [5.74, 6) is 1.59. The third kappa shape index (κ3) is 3.66. The summed E-state index contributed by atoms with van der Waals surface area (Å²) in [7, 11) is 2.16. The minimum atomic E-state index is 0.129. The van der Waals surface area contributed by atoms with Crippen molar-refractivity contribution >= 4 is 5.78 Å². The second-order valence-corrected chi connectivity index (χ2v) is 5.06. The van der Waals surface area contributed by atoms with Crippen LogP contribution < -0.4 is 0 Å². The first kappa shape index (κ1) is 12.3. The molecule has 2 heterocycles. The lowest BCUT2D eigenvalue weighted by atomic mass is 9.94. The number of aromatic nitrogens is 1. The normalized spacial score (nSPS) is 18.5. The molecule has 0 spiro atoms. The molecule has 0 N–H and O–H groups in total. The van der Waals surface area contributed by atoms with Gasteiger partial charge < -0.3 is 9.32 Å². The largest absolute Gasteiger partial charge is 0.449 e. The summed E-state index contributed by atoms with van der Waals surface area (Å²) in [5, 5.41) is 0. The molecular weight excluding hydrogens is 216 g/mol. The predicted octanol–water partition coefficient (Wildman–Crippen LogP) is 1.69. The molecule has 17 heavy (non-hydrogen) atoms. The van der Waals surface area contributed by atoms with Crippen LogP contribution in [0.4, 0.5) is 0 Å². The van der Waals surface area contributed by atoms with Crippen LogP contribution >= 0.6 is 0 Å². The summed E-state index contributed by atoms with van der Waals surface area (Å²) in [4.78, 5) is 17.7. The maximum atomic E-state index is 11.0. The van der Waals surface area contributed by atoms with Gasteiger partial charge in [-0.2, -0.15) is 0 Å². The van der Waals surface area contributed by atoms with Crippen molar-refractivity contribution in [2.45, 2.75) is 32.6 Å². The average Bonchev–Trinajstić information content (AvgIpc) is 2.68. The van der Waals surface area contributed by atoms with Crippen molar-refractivity contribution in [2.75, 3.05) is 20.1 Å². The summed E-state index contributed by atoms with van der Waals surface area (Å²) in [6.07, 6.45) is 5.33. The SMILES string of the molecule is CC(=O)Cc1coc(CC2CCN(C)CC2)n1. The Morgan fingerprint density at radius 2 is 2.24 bits per heavy atom. The molecule has 0 unspecified atom stereocenters. The fraction of sp³-hybridized carbons (Fsp3) is 0.692. The number of hydrogen-bond donors (Lipinski definition) is 0. The standard InChI is InChI=1S/C13H20N2O2/c1-10(16)7-12-9-17-13(14-12)8-11-3-5-15(2)6-4-11/h9,11H,3-8H2,1-2H3. The van der Waals surface area contributed by atoms with E-state index < -0.39 is 0 Å². The van der Waals surface area contributed by atoms with Crippen molar-refractivity contribution in [1.82, 2.24) is 9.88 Å². The van der Waals surface area contributed by atoms with Crippen LogP contribution in [0.2, 0.25) is 0 Å². The lowest BCUT2D eigenvalue weighted by molar-refractivity contribution is -0.116. The van der Waals surface area contributed by atoms with Crippen molar-refractivity contribution < 1.29 is 9.21 Å². The van der Waals surface area contributed by atoms with Gasteiger partial charge in [0, 0.05) is 6.42 Å². The molecule has 1 aliphatic heterocycles. The molecule has 1 aromatic heterocycles. The van der Waals surface area contributed by atoms with E-state index in [0.717, 1.165) is 31.1 Å². The molecule has 0 amide bonds. The number of hydrogen-bond acceptors (Lipinski definition) is 4. The van der Waals surface area contributed by atoms with E-state index in [1.165, 1.54) is 12.8 Å². The molecule has 0 bridgehead atoms. The molecule has 1 fully saturated rings. The fourth-order valence-corrected chi connectivity index (χ4v) is 2.29. The van der Waals surface area contributed by atoms with Gasteiger partial charge in [-0.3, -0.25) is 4.79 Å². The Morgan fingerprint density at radius 1 is 1.53 bits per heavy atom. The number of likely N-dealkylation sites (tertiary alicyclic amines) is 1. The number of rotatable bonds is 4. The number of Topliss-reactive ketones (excluding diaryl/α,β-unsaturated/α-hetero) is 1. The Balaban J connectivity index is 1.86.